The molecule has 146 valence electrons. The number of hydrogen-bond donors (Lipinski definition) is 1. The number of likely N-dealkylation sites (tertiary alicyclic amines) is 1. The summed E-state index contributed by atoms with van der Waals surface area (Å²) in [5, 5.41) is 3.49. The van der Waals surface area contributed by atoms with Gasteiger partial charge in [-0.05, 0) is 56.4 Å². The van der Waals surface area contributed by atoms with E-state index in [2.05, 4.69) is 41.0 Å². The molecule has 0 aromatic carbocycles. The van der Waals surface area contributed by atoms with Gasteiger partial charge in [0.1, 0.15) is 0 Å². The quantitative estimate of drug-likeness (QED) is 0.373. The average molecular weight is 353 g/mol. The number of aliphatic imine (C=N–C) groups is 1. The molecule has 2 fully saturated rings. The van der Waals surface area contributed by atoms with Crippen LogP contribution in [0.3, 0.4) is 0 Å². The smallest absolute Gasteiger partial charge is 0.193 e. The zero-order chi connectivity index (χ0) is 18.1. The molecule has 2 rings (SSSR count). The normalized spacial score (nSPS) is 25.2. The van der Waals surface area contributed by atoms with E-state index in [0.29, 0.717) is 0 Å². The SMILES string of the molecule is CN=C(NCCCCN1CC(C)CC(C)C1)N(C)CCOCC1CC1. The van der Waals surface area contributed by atoms with Crippen molar-refractivity contribution in [1.29, 1.82) is 0 Å². The molecule has 1 aliphatic carbocycles. The van der Waals surface area contributed by atoms with Crippen molar-refractivity contribution in [1.82, 2.24) is 15.1 Å². The van der Waals surface area contributed by atoms with Crippen molar-refractivity contribution in [3.05, 3.63) is 0 Å². The fraction of sp³-hybridized carbons (Fsp3) is 0.950. The van der Waals surface area contributed by atoms with Gasteiger partial charge in [-0.1, -0.05) is 13.8 Å². The Balaban J connectivity index is 1.51. The average Bonchev–Trinajstić information content (AvgIpc) is 3.38. The number of unbranched alkanes of at least 4 members (excludes halogenated alkanes) is 1. The fourth-order valence-corrected chi connectivity index (χ4v) is 3.86. The molecule has 1 N–H and O–H groups in total. The Hall–Kier alpha value is -0.810. The van der Waals surface area contributed by atoms with Crippen LogP contribution in [0.1, 0.15) is 46.0 Å². The number of likely N-dealkylation sites (N-methyl/N-ethyl adjacent to an activating group) is 1. The van der Waals surface area contributed by atoms with Crippen LogP contribution in [0.2, 0.25) is 0 Å². The highest BCUT2D eigenvalue weighted by atomic mass is 16.5. The fourth-order valence-electron chi connectivity index (χ4n) is 3.86. The molecule has 5 nitrogen and oxygen atoms in total. The number of nitrogens with zero attached hydrogens (tertiary/aromatic N) is 3. The van der Waals surface area contributed by atoms with Gasteiger partial charge in [0.05, 0.1) is 6.61 Å². The predicted octanol–water partition coefficient (Wildman–Crippen LogP) is 2.68. The highest BCUT2D eigenvalue weighted by Crippen LogP contribution is 2.28. The lowest BCUT2D eigenvalue weighted by molar-refractivity contribution is 0.115. The van der Waals surface area contributed by atoms with E-state index in [9.17, 15) is 0 Å². The standard InChI is InChI=1S/C20H40N4O/c1-17-13-18(2)15-24(14-17)10-6-5-9-22-20(21-3)23(4)11-12-25-16-19-7-8-19/h17-19H,5-16H2,1-4H3,(H,21,22). The Kier molecular flexibility index (Phi) is 9.04. The Bertz CT molecular complexity index is 387. The van der Waals surface area contributed by atoms with Crippen LogP contribution in [0.5, 0.6) is 0 Å². The van der Waals surface area contributed by atoms with E-state index in [1.807, 2.05) is 7.05 Å². The number of piperidine rings is 1. The minimum absolute atomic E-state index is 0.791. The minimum atomic E-state index is 0.791. The molecule has 25 heavy (non-hydrogen) atoms. The third kappa shape index (κ3) is 8.41. The second kappa shape index (κ2) is 11.0. The van der Waals surface area contributed by atoms with E-state index < -0.39 is 0 Å². The van der Waals surface area contributed by atoms with Crippen molar-refractivity contribution >= 4 is 5.96 Å². The van der Waals surface area contributed by atoms with Crippen LogP contribution in [-0.2, 0) is 4.74 Å². The monoisotopic (exact) mass is 352 g/mol. The van der Waals surface area contributed by atoms with E-state index in [4.69, 9.17) is 4.74 Å². The summed E-state index contributed by atoms with van der Waals surface area (Å²) in [7, 11) is 3.95. The summed E-state index contributed by atoms with van der Waals surface area (Å²) in [4.78, 5) is 9.20. The minimum Gasteiger partial charge on any atom is -0.379 e. The van der Waals surface area contributed by atoms with E-state index in [-0.39, 0.29) is 0 Å². The number of ether oxygens (including phenoxy) is 1. The summed E-state index contributed by atoms with van der Waals surface area (Å²) in [5.74, 6) is 3.54. The highest BCUT2D eigenvalue weighted by molar-refractivity contribution is 5.79. The maximum atomic E-state index is 5.72. The van der Waals surface area contributed by atoms with Gasteiger partial charge >= 0.3 is 0 Å². The van der Waals surface area contributed by atoms with Gasteiger partial charge < -0.3 is 19.9 Å². The van der Waals surface area contributed by atoms with E-state index in [0.717, 1.165) is 50.0 Å². The Morgan fingerprint density at radius 1 is 1.20 bits per heavy atom. The van der Waals surface area contributed by atoms with Gasteiger partial charge in [0.15, 0.2) is 5.96 Å². The summed E-state index contributed by atoms with van der Waals surface area (Å²) < 4.78 is 5.72. The van der Waals surface area contributed by atoms with Crippen LogP contribution < -0.4 is 5.32 Å². The Morgan fingerprint density at radius 2 is 1.92 bits per heavy atom. The molecule has 0 aromatic rings. The van der Waals surface area contributed by atoms with Gasteiger partial charge in [-0.25, -0.2) is 0 Å². The lowest BCUT2D eigenvalue weighted by Gasteiger charge is -2.35. The van der Waals surface area contributed by atoms with Crippen LogP contribution in [0, 0.1) is 17.8 Å². The van der Waals surface area contributed by atoms with Crippen molar-refractivity contribution in [3.63, 3.8) is 0 Å². The van der Waals surface area contributed by atoms with E-state index >= 15 is 0 Å². The van der Waals surface area contributed by atoms with Crippen molar-refractivity contribution < 1.29 is 4.74 Å². The molecule has 0 amide bonds. The molecule has 2 unspecified atom stereocenters. The van der Waals surface area contributed by atoms with Crippen molar-refractivity contribution in [3.8, 4) is 0 Å². The Labute approximate surface area is 155 Å². The molecule has 0 aromatic heterocycles. The van der Waals surface area contributed by atoms with Crippen LogP contribution in [0.15, 0.2) is 4.99 Å². The molecule has 1 heterocycles. The maximum absolute atomic E-state index is 5.72. The zero-order valence-corrected chi connectivity index (χ0v) is 17.0. The number of guanidine groups is 1. The number of nitrogens with one attached hydrogen (secondary N) is 1. The van der Waals surface area contributed by atoms with Crippen molar-refractivity contribution in [2.75, 3.05) is 60.0 Å². The molecule has 0 bridgehead atoms. The predicted molar refractivity (Wildman–Crippen MR) is 106 cm³/mol. The summed E-state index contributed by atoms with van der Waals surface area (Å²) >= 11 is 0. The van der Waals surface area contributed by atoms with Crippen LogP contribution in [-0.4, -0.2) is 75.8 Å². The summed E-state index contributed by atoms with van der Waals surface area (Å²) in [6, 6.07) is 0. The van der Waals surface area contributed by atoms with Gasteiger partial charge in [0.2, 0.25) is 0 Å². The first-order chi connectivity index (χ1) is 12.1. The van der Waals surface area contributed by atoms with Gasteiger partial charge in [0, 0.05) is 46.9 Å². The number of rotatable bonds is 10. The summed E-state index contributed by atoms with van der Waals surface area (Å²) in [6.45, 7) is 12.2. The first-order valence-corrected chi connectivity index (χ1v) is 10.3. The van der Waals surface area contributed by atoms with Crippen LogP contribution in [0.25, 0.3) is 0 Å². The van der Waals surface area contributed by atoms with Crippen LogP contribution in [0.4, 0.5) is 0 Å². The molecule has 1 aliphatic heterocycles. The zero-order valence-electron chi connectivity index (χ0n) is 17.0. The van der Waals surface area contributed by atoms with Crippen molar-refractivity contribution in [2.24, 2.45) is 22.7 Å². The molecule has 0 spiro atoms. The molecule has 2 atom stereocenters. The first kappa shape index (κ1) is 20.5. The summed E-state index contributed by atoms with van der Waals surface area (Å²) in [6.07, 6.45) is 6.57. The lowest BCUT2D eigenvalue weighted by Crippen LogP contribution is -2.41. The molecule has 0 radical (unpaired) electrons. The molecule has 1 saturated carbocycles. The third-order valence-corrected chi connectivity index (χ3v) is 5.32. The maximum Gasteiger partial charge on any atom is 0.193 e. The third-order valence-electron chi connectivity index (χ3n) is 5.32. The largest absolute Gasteiger partial charge is 0.379 e. The van der Waals surface area contributed by atoms with E-state index in [1.165, 1.54) is 51.7 Å². The molecular formula is C20H40N4O. The molecule has 1 saturated heterocycles. The lowest BCUT2D eigenvalue weighted by atomic mass is 9.92. The van der Waals surface area contributed by atoms with Crippen LogP contribution >= 0.6 is 0 Å². The molecular weight excluding hydrogens is 312 g/mol. The van der Waals surface area contributed by atoms with Gasteiger partial charge in [-0.2, -0.15) is 0 Å². The second-order valence-electron chi connectivity index (χ2n) is 8.33. The van der Waals surface area contributed by atoms with E-state index in [1.54, 1.807) is 0 Å². The molecule has 2 aliphatic rings. The number of hydrogen-bond acceptors (Lipinski definition) is 3. The van der Waals surface area contributed by atoms with Gasteiger partial charge in [-0.3, -0.25) is 4.99 Å². The second-order valence-corrected chi connectivity index (χ2v) is 8.33. The topological polar surface area (TPSA) is 40.1 Å². The molecule has 5 heteroatoms. The van der Waals surface area contributed by atoms with Crippen molar-refractivity contribution in [2.45, 2.75) is 46.0 Å². The van der Waals surface area contributed by atoms with Gasteiger partial charge in [0.25, 0.3) is 0 Å². The van der Waals surface area contributed by atoms with Gasteiger partial charge in [-0.15, -0.1) is 0 Å². The highest BCUT2D eigenvalue weighted by Gasteiger charge is 2.21. The first-order valence-electron chi connectivity index (χ1n) is 10.3. The summed E-state index contributed by atoms with van der Waals surface area (Å²) in [5.41, 5.74) is 0. The Morgan fingerprint density at radius 3 is 2.56 bits per heavy atom.